The first kappa shape index (κ1) is 16.4. The number of aromatic nitrogens is 1. The molecule has 0 radical (unpaired) electrons. The predicted octanol–water partition coefficient (Wildman–Crippen LogP) is 2.90. The highest BCUT2D eigenvalue weighted by Gasteiger charge is 2.10. The maximum absolute atomic E-state index is 12.4. The molecule has 0 aliphatic heterocycles. The maximum atomic E-state index is 12.4. The quantitative estimate of drug-likeness (QED) is 0.466. The Hall–Kier alpha value is -2.95. The Morgan fingerprint density at radius 1 is 1.13 bits per heavy atom. The lowest BCUT2D eigenvalue weighted by molar-refractivity contribution is -0.137. The molecule has 0 aliphatic carbocycles. The number of esters is 1. The van der Waals surface area contributed by atoms with E-state index in [1.807, 2.05) is 0 Å². The van der Waals surface area contributed by atoms with E-state index in [1.165, 1.54) is 12.2 Å². The maximum Gasteiger partial charge on any atom is 0.330 e. The van der Waals surface area contributed by atoms with Crippen LogP contribution in [0.25, 0.3) is 6.08 Å². The van der Waals surface area contributed by atoms with Crippen molar-refractivity contribution in [2.45, 2.75) is 6.92 Å². The van der Waals surface area contributed by atoms with Gasteiger partial charge in [-0.15, -0.1) is 0 Å². The largest absolute Gasteiger partial charge is 0.497 e. The molecule has 0 bridgehead atoms. The molecule has 0 spiro atoms. The molecule has 1 heterocycles. The van der Waals surface area contributed by atoms with Crippen LogP contribution >= 0.6 is 0 Å². The number of nitrogens with zero attached hydrogens (tertiary/aromatic N) is 1. The van der Waals surface area contributed by atoms with Crippen molar-refractivity contribution in [1.82, 2.24) is 4.98 Å². The van der Waals surface area contributed by atoms with E-state index in [2.05, 4.69) is 4.98 Å². The predicted molar refractivity (Wildman–Crippen MR) is 86.3 cm³/mol. The van der Waals surface area contributed by atoms with Crippen LogP contribution in [-0.4, -0.2) is 30.5 Å². The molecule has 2 rings (SSSR count). The molecule has 5 heteroatoms. The van der Waals surface area contributed by atoms with Gasteiger partial charge in [-0.25, -0.2) is 9.78 Å². The van der Waals surface area contributed by atoms with Gasteiger partial charge in [0.2, 0.25) is 5.78 Å². The fourth-order valence-corrected chi connectivity index (χ4v) is 1.90. The summed E-state index contributed by atoms with van der Waals surface area (Å²) in [5, 5.41) is 0. The molecule has 1 aromatic heterocycles. The number of hydrogen-bond acceptors (Lipinski definition) is 5. The number of ketones is 1. The fourth-order valence-electron chi connectivity index (χ4n) is 1.90. The Morgan fingerprint density at radius 3 is 2.52 bits per heavy atom. The van der Waals surface area contributed by atoms with Crippen molar-refractivity contribution in [2.75, 3.05) is 13.7 Å². The minimum absolute atomic E-state index is 0.195. The van der Waals surface area contributed by atoms with Crippen molar-refractivity contribution in [1.29, 1.82) is 0 Å². The molecule has 0 amide bonds. The molecule has 0 N–H and O–H groups in total. The molecule has 0 aliphatic rings. The second kappa shape index (κ2) is 7.89. The molecule has 23 heavy (non-hydrogen) atoms. The van der Waals surface area contributed by atoms with Crippen LogP contribution in [0.5, 0.6) is 5.75 Å². The summed E-state index contributed by atoms with van der Waals surface area (Å²) < 4.78 is 9.87. The molecule has 0 saturated carbocycles. The number of carbonyl (C=O) groups is 2. The van der Waals surface area contributed by atoms with Crippen molar-refractivity contribution in [3.05, 3.63) is 65.5 Å². The first-order chi connectivity index (χ1) is 11.1. The molecule has 1 aromatic carbocycles. The molecule has 2 aromatic rings. The molecule has 0 fully saturated rings. The third kappa shape index (κ3) is 4.51. The van der Waals surface area contributed by atoms with Gasteiger partial charge in [0.05, 0.1) is 19.4 Å². The highest BCUT2D eigenvalue weighted by Crippen LogP contribution is 2.14. The zero-order valence-corrected chi connectivity index (χ0v) is 13.0. The first-order valence-electron chi connectivity index (χ1n) is 7.14. The highest BCUT2D eigenvalue weighted by molar-refractivity contribution is 6.07. The Kier molecular flexibility index (Phi) is 5.63. The Morgan fingerprint density at radius 2 is 1.87 bits per heavy atom. The lowest BCUT2D eigenvalue weighted by Crippen LogP contribution is -2.05. The van der Waals surface area contributed by atoms with Crippen molar-refractivity contribution in [3.63, 3.8) is 0 Å². The van der Waals surface area contributed by atoms with Gasteiger partial charge < -0.3 is 9.47 Å². The monoisotopic (exact) mass is 311 g/mol. The smallest absolute Gasteiger partial charge is 0.330 e. The first-order valence-corrected chi connectivity index (χ1v) is 7.14. The van der Waals surface area contributed by atoms with E-state index in [4.69, 9.17) is 9.47 Å². The van der Waals surface area contributed by atoms with E-state index in [0.29, 0.717) is 29.3 Å². The van der Waals surface area contributed by atoms with Crippen LogP contribution in [0.15, 0.2) is 48.5 Å². The molecule has 0 atom stereocenters. The van der Waals surface area contributed by atoms with Gasteiger partial charge in [0.15, 0.2) is 0 Å². The summed E-state index contributed by atoms with van der Waals surface area (Å²) in [7, 11) is 1.57. The topological polar surface area (TPSA) is 65.5 Å². The van der Waals surface area contributed by atoms with Crippen molar-refractivity contribution in [3.8, 4) is 5.75 Å². The Labute approximate surface area is 134 Å². The summed E-state index contributed by atoms with van der Waals surface area (Å²) in [5.41, 5.74) is 1.34. The number of hydrogen-bond donors (Lipinski definition) is 0. The van der Waals surface area contributed by atoms with Crippen LogP contribution in [0.4, 0.5) is 0 Å². The zero-order valence-electron chi connectivity index (χ0n) is 13.0. The third-order valence-corrected chi connectivity index (χ3v) is 3.03. The molecule has 0 saturated heterocycles. The number of ether oxygens (including phenoxy) is 2. The van der Waals surface area contributed by atoms with Gasteiger partial charge in [0, 0.05) is 11.6 Å². The summed E-state index contributed by atoms with van der Waals surface area (Å²) in [4.78, 5) is 28.0. The minimum atomic E-state index is -0.443. The van der Waals surface area contributed by atoms with Gasteiger partial charge in [0.25, 0.3) is 0 Å². The molecular formula is C18H17NO4. The lowest BCUT2D eigenvalue weighted by atomic mass is 10.1. The zero-order chi connectivity index (χ0) is 16.7. The summed E-state index contributed by atoms with van der Waals surface area (Å²) in [6, 6.07) is 11.9. The Bertz CT molecular complexity index is 720. The van der Waals surface area contributed by atoms with Crippen LogP contribution in [-0.2, 0) is 9.53 Å². The number of pyridine rings is 1. The van der Waals surface area contributed by atoms with E-state index in [0.717, 1.165) is 0 Å². The van der Waals surface area contributed by atoms with Crippen molar-refractivity contribution < 1.29 is 19.1 Å². The second-order valence-corrected chi connectivity index (χ2v) is 4.59. The van der Waals surface area contributed by atoms with E-state index < -0.39 is 5.97 Å². The molecule has 5 nitrogen and oxygen atoms in total. The molecule has 0 unspecified atom stereocenters. The number of rotatable bonds is 6. The summed E-state index contributed by atoms with van der Waals surface area (Å²) in [6.07, 6.45) is 2.80. The van der Waals surface area contributed by atoms with E-state index in [1.54, 1.807) is 56.5 Å². The molecular weight excluding hydrogens is 294 g/mol. The van der Waals surface area contributed by atoms with Crippen LogP contribution in [0.3, 0.4) is 0 Å². The van der Waals surface area contributed by atoms with Crippen LogP contribution < -0.4 is 4.74 Å². The minimum Gasteiger partial charge on any atom is -0.497 e. The number of methoxy groups -OCH3 is 1. The van der Waals surface area contributed by atoms with Crippen LogP contribution in [0.1, 0.15) is 28.7 Å². The third-order valence-electron chi connectivity index (χ3n) is 3.03. The van der Waals surface area contributed by atoms with E-state index in [-0.39, 0.29) is 5.78 Å². The van der Waals surface area contributed by atoms with Gasteiger partial charge in [-0.3, -0.25) is 4.79 Å². The summed E-state index contributed by atoms with van der Waals surface area (Å²) >= 11 is 0. The van der Waals surface area contributed by atoms with Gasteiger partial charge in [-0.05, 0) is 49.4 Å². The van der Waals surface area contributed by atoms with Crippen LogP contribution in [0.2, 0.25) is 0 Å². The standard InChI is InChI=1S/C18H17NO4/c1-3-23-17(20)12-9-14-5-4-6-16(19-14)18(21)13-7-10-15(22-2)11-8-13/h4-12H,3H2,1-2H3. The van der Waals surface area contributed by atoms with Crippen molar-refractivity contribution in [2.24, 2.45) is 0 Å². The average molecular weight is 311 g/mol. The SMILES string of the molecule is CCOC(=O)C=Cc1cccc(C(=O)c2ccc(OC)cc2)n1. The normalized spacial score (nSPS) is 10.5. The van der Waals surface area contributed by atoms with Gasteiger partial charge >= 0.3 is 5.97 Å². The van der Waals surface area contributed by atoms with Gasteiger partial charge in [-0.1, -0.05) is 6.07 Å². The second-order valence-electron chi connectivity index (χ2n) is 4.59. The van der Waals surface area contributed by atoms with Crippen LogP contribution in [0, 0.1) is 0 Å². The summed E-state index contributed by atoms with van der Waals surface area (Å²) in [6.45, 7) is 2.05. The number of benzene rings is 1. The number of carbonyl (C=O) groups excluding carboxylic acids is 2. The van der Waals surface area contributed by atoms with E-state index in [9.17, 15) is 9.59 Å². The van der Waals surface area contributed by atoms with E-state index >= 15 is 0 Å². The lowest BCUT2D eigenvalue weighted by Gasteiger charge is -2.03. The average Bonchev–Trinajstić information content (AvgIpc) is 2.60. The van der Waals surface area contributed by atoms with Gasteiger partial charge in [0.1, 0.15) is 11.4 Å². The Balaban J connectivity index is 2.17. The highest BCUT2D eigenvalue weighted by atomic mass is 16.5. The van der Waals surface area contributed by atoms with Crippen molar-refractivity contribution >= 4 is 17.8 Å². The summed E-state index contributed by atoms with van der Waals surface area (Å²) in [5.74, 6) is 0.0425. The van der Waals surface area contributed by atoms with Gasteiger partial charge in [-0.2, -0.15) is 0 Å². The fraction of sp³-hybridized carbons (Fsp3) is 0.167. The molecule has 118 valence electrons.